The number of hydrogen-bond acceptors (Lipinski definition) is 24. The van der Waals surface area contributed by atoms with Crippen molar-refractivity contribution < 1.29 is 90.5 Å². The van der Waals surface area contributed by atoms with Gasteiger partial charge in [-0.25, -0.2) is 38.4 Å². The molecule has 0 spiro atoms. The normalized spacial score (nSPS) is 9.94. The van der Waals surface area contributed by atoms with Crippen LogP contribution in [0.4, 0.5) is 0 Å². The van der Waals surface area contributed by atoms with Crippen LogP contribution in [-0.4, -0.2) is 220 Å². The van der Waals surface area contributed by atoms with Gasteiger partial charge in [0.1, 0.15) is 13.2 Å². The number of nitrogens with zero attached hydrogens (tertiary/aromatic N) is 1. The van der Waals surface area contributed by atoms with E-state index in [1.165, 1.54) is 115 Å². The van der Waals surface area contributed by atoms with E-state index in [0.29, 0.717) is 66.1 Å². The average molecular weight is 1420 g/mol. The number of unbranched alkanes of at least 4 members (excludes halogenated alkanes) is 22. The Morgan fingerprint density at radius 2 is 0.400 bits per heavy atom. The second kappa shape index (κ2) is 94.4. The maximum atomic E-state index is 10.8. The van der Waals surface area contributed by atoms with Crippen LogP contribution in [0.25, 0.3) is 0 Å². The van der Waals surface area contributed by atoms with Crippen molar-refractivity contribution in [2.75, 3.05) is 167 Å². The summed E-state index contributed by atoms with van der Waals surface area (Å²) in [4.78, 5) is 88.0. The second-order valence-corrected chi connectivity index (χ2v) is 22.1. The number of carbonyl (C=O) groups excluding carboxylic acids is 8. The largest absolute Gasteiger partial charge is 0.463 e. The molecule has 24 nitrogen and oxygen atoms in total. The fraction of sp³-hybridized carbons (Fsp3) is 0.684. The van der Waals surface area contributed by atoms with Gasteiger partial charge in [-0.05, 0) is 138 Å². The first-order valence-corrected chi connectivity index (χ1v) is 35.9. The number of nitrogens with one attached hydrogen (secondary N) is 4. The summed E-state index contributed by atoms with van der Waals surface area (Å²) in [5, 5.41) is 12.4. The molecule has 4 N–H and O–H groups in total. The zero-order valence-corrected chi connectivity index (χ0v) is 62.7. The lowest BCUT2D eigenvalue weighted by Gasteiger charge is -2.16. The van der Waals surface area contributed by atoms with E-state index >= 15 is 0 Å². The monoisotopic (exact) mass is 1420 g/mol. The molecule has 0 aromatic heterocycles. The second-order valence-electron chi connectivity index (χ2n) is 22.1. The molecule has 0 fully saturated rings. The fourth-order valence-electron chi connectivity index (χ4n) is 7.78. The average Bonchev–Trinajstić information content (AvgIpc) is 3.78. The predicted octanol–water partition coefficient (Wildman–Crippen LogP) is 11.1. The SMILES string of the molecule is C=CC(=O)OCCCCCCCCCCOC(=O)C=C.C=CC(=O)OCCCCCCCCCOC(=O)C=C.C=CC(=O)OCCCCCCOC(=O)C=C.C=CC(=O)OCCOCCOCCOC(=O)C=C.CNCCCCCCN(C)CCCCCCNC.CNCCOCCNC. The molecule has 0 aromatic carbocycles. The predicted molar refractivity (Wildman–Crippen MR) is 400 cm³/mol. The summed E-state index contributed by atoms with van der Waals surface area (Å²) in [7, 11) is 10.2. The molecule has 0 aliphatic heterocycles. The molecule has 0 saturated carbocycles. The highest BCUT2D eigenvalue weighted by molar-refractivity contribution is 5.83. The van der Waals surface area contributed by atoms with Crippen LogP contribution in [0.1, 0.15) is 173 Å². The number of esters is 8. The minimum atomic E-state index is -0.473. The van der Waals surface area contributed by atoms with Gasteiger partial charge >= 0.3 is 47.8 Å². The van der Waals surface area contributed by atoms with Gasteiger partial charge in [0.25, 0.3) is 0 Å². The number of ether oxygens (including phenoxy) is 11. The standard InChI is InChI=1S/C16H26O4.C15H35N3.C15H24O4.C12H18O6.C12H18O4.C6H16N2O/c1-3-15(17)19-13-11-9-7-5-6-8-10-12-14-20-16(18)4-2;1-16-12-8-4-6-10-14-18(3)15-11-7-5-9-13-17-2;1-3-14(16)18-12-10-8-6-5-7-9-11-13-19-15(17)4-2;1-3-11(13)17-9-7-15-5-6-16-8-10-18-12(14)4-2;1-3-11(13)15-9-7-5-6-8-10-16-12(14)4-2;1-7-3-5-9-6-4-8-2/h3-4H,1-2,5-14H2;16-17H,4-15H2,1-3H3;3-4H,1-2,5-13H2;3-4H,1-2,5-10H2;3-4H,1-2,5-10H2;7-8H,3-6H2,1-2H3. The third-order valence-corrected chi connectivity index (χ3v) is 13.4. The summed E-state index contributed by atoms with van der Waals surface area (Å²) >= 11 is 0. The molecule has 0 unspecified atom stereocenters. The molecule has 100 heavy (non-hydrogen) atoms. The lowest BCUT2D eigenvalue weighted by atomic mass is 10.1. The molecule has 0 bridgehead atoms. The van der Waals surface area contributed by atoms with Crippen LogP contribution < -0.4 is 21.3 Å². The fourth-order valence-corrected chi connectivity index (χ4v) is 7.78. The maximum absolute atomic E-state index is 10.8. The Labute approximate surface area is 603 Å². The Balaban J connectivity index is -0.000000268. The third kappa shape index (κ3) is 105. The summed E-state index contributed by atoms with van der Waals surface area (Å²) < 4.78 is 53.9. The van der Waals surface area contributed by atoms with Gasteiger partial charge in [-0.15, -0.1) is 0 Å². The molecule has 0 heterocycles. The molecule has 0 saturated heterocycles. The highest BCUT2D eigenvalue weighted by atomic mass is 16.6. The molecular weight excluding hydrogens is 1290 g/mol. The number of carbonyl (C=O) groups is 8. The summed E-state index contributed by atoms with van der Waals surface area (Å²) in [5.74, 6) is -3.12. The van der Waals surface area contributed by atoms with Gasteiger partial charge in [0, 0.05) is 61.7 Å². The first-order chi connectivity index (χ1) is 48.5. The van der Waals surface area contributed by atoms with E-state index in [0.717, 1.165) is 160 Å². The molecule has 0 aliphatic rings. The van der Waals surface area contributed by atoms with Crippen LogP contribution in [0.5, 0.6) is 0 Å². The molecule has 0 amide bonds. The zero-order chi connectivity index (χ0) is 75.7. The Morgan fingerprint density at radius 1 is 0.230 bits per heavy atom. The molecule has 0 rings (SSSR count). The van der Waals surface area contributed by atoms with E-state index in [1.54, 1.807) is 0 Å². The van der Waals surface area contributed by atoms with Crippen LogP contribution in [0.15, 0.2) is 101 Å². The Morgan fingerprint density at radius 3 is 0.610 bits per heavy atom. The van der Waals surface area contributed by atoms with Crippen molar-refractivity contribution in [3.63, 3.8) is 0 Å². The lowest BCUT2D eigenvalue weighted by Crippen LogP contribution is -2.21. The molecule has 580 valence electrons. The maximum Gasteiger partial charge on any atom is 0.330 e. The Hall–Kier alpha value is -6.64. The summed E-state index contributed by atoms with van der Waals surface area (Å²) in [6, 6.07) is 0. The van der Waals surface area contributed by atoms with E-state index in [-0.39, 0.29) is 49.0 Å². The van der Waals surface area contributed by atoms with Crippen molar-refractivity contribution in [3.8, 4) is 0 Å². The van der Waals surface area contributed by atoms with Gasteiger partial charge in [0.15, 0.2) is 0 Å². The van der Waals surface area contributed by atoms with Crippen LogP contribution in [0.3, 0.4) is 0 Å². The Bertz CT molecular complexity index is 1860. The summed E-state index contributed by atoms with van der Waals surface area (Å²) in [6.45, 7) is 39.3. The number of rotatable bonds is 65. The summed E-state index contributed by atoms with van der Waals surface area (Å²) in [6.07, 6.45) is 39.7. The lowest BCUT2D eigenvalue weighted by molar-refractivity contribution is -0.141. The van der Waals surface area contributed by atoms with Crippen LogP contribution in [-0.2, 0) is 90.5 Å². The third-order valence-electron chi connectivity index (χ3n) is 13.4. The molecule has 0 aliphatic carbocycles. The smallest absolute Gasteiger partial charge is 0.330 e. The van der Waals surface area contributed by atoms with Crippen molar-refractivity contribution >= 4 is 47.8 Å². The summed E-state index contributed by atoms with van der Waals surface area (Å²) in [5.41, 5.74) is 0. The first kappa shape index (κ1) is 104. The molecule has 24 heteroatoms. The van der Waals surface area contributed by atoms with E-state index < -0.39 is 11.9 Å². The van der Waals surface area contributed by atoms with Gasteiger partial charge in [-0.1, -0.05) is 149 Å². The van der Waals surface area contributed by atoms with Gasteiger partial charge in [0.05, 0.1) is 79.3 Å². The molecular formula is C76H137N5O19. The van der Waals surface area contributed by atoms with Gasteiger partial charge in [-0.2, -0.15) is 0 Å². The van der Waals surface area contributed by atoms with Crippen LogP contribution in [0.2, 0.25) is 0 Å². The quantitative estimate of drug-likeness (QED) is 0.0190. The highest BCUT2D eigenvalue weighted by Crippen LogP contribution is 2.10. The van der Waals surface area contributed by atoms with Crippen molar-refractivity contribution in [1.82, 2.24) is 26.2 Å². The Kier molecular flexibility index (Phi) is 98.5. The number of hydrogen-bond donors (Lipinski definition) is 4. The van der Waals surface area contributed by atoms with E-state index in [4.69, 9.17) is 42.6 Å². The van der Waals surface area contributed by atoms with Crippen LogP contribution >= 0.6 is 0 Å². The highest BCUT2D eigenvalue weighted by Gasteiger charge is 2.04. The van der Waals surface area contributed by atoms with Crippen molar-refractivity contribution in [2.45, 2.75) is 173 Å². The molecule has 0 aromatic rings. The van der Waals surface area contributed by atoms with Crippen molar-refractivity contribution in [2.24, 2.45) is 0 Å². The minimum Gasteiger partial charge on any atom is -0.463 e. The topological polar surface area (TPSA) is 289 Å². The van der Waals surface area contributed by atoms with Gasteiger partial charge in [-0.3, -0.25) is 0 Å². The van der Waals surface area contributed by atoms with Crippen molar-refractivity contribution in [3.05, 3.63) is 101 Å². The van der Waals surface area contributed by atoms with Crippen LogP contribution in [0, 0.1) is 0 Å². The molecule has 0 atom stereocenters. The van der Waals surface area contributed by atoms with Gasteiger partial charge in [0.2, 0.25) is 0 Å². The number of likely N-dealkylation sites (N-methyl/N-ethyl adjacent to an activating group) is 2. The zero-order valence-electron chi connectivity index (χ0n) is 62.7. The van der Waals surface area contributed by atoms with E-state index in [9.17, 15) is 38.4 Å². The molecule has 0 radical (unpaired) electrons. The van der Waals surface area contributed by atoms with Gasteiger partial charge < -0.3 is 78.3 Å². The van der Waals surface area contributed by atoms with E-state index in [1.807, 2.05) is 28.2 Å². The van der Waals surface area contributed by atoms with E-state index in [2.05, 4.69) is 95.3 Å². The minimum absolute atomic E-state index is 0.182. The first-order valence-electron chi connectivity index (χ1n) is 35.9. The van der Waals surface area contributed by atoms with Crippen molar-refractivity contribution in [1.29, 1.82) is 0 Å².